The summed E-state index contributed by atoms with van der Waals surface area (Å²) in [4.78, 5) is 58.0. The highest BCUT2D eigenvalue weighted by Crippen LogP contribution is 2.32. The molecule has 23 nitrogen and oxygen atoms in total. The summed E-state index contributed by atoms with van der Waals surface area (Å²) in [7, 11) is -9.34. The summed E-state index contributed by atoms with van der Waals surface area (Å²) < 4.78 is 112. The maximum atomic E-state index is 12.4. The number of ether oxygens (including phenoxy) is 2. The molecule has 0 saturated heterocycles. The molecule has 4 aromatic rings. The van der Waals surface area contributed by atoms with E-state index in [2.05, 4.69) is 15.4 Å². The fourth-order valence-electron chi connectivity index (χ4n) is 5.27. The first kappa shape index (κ1) is 68.6. The number of pyridine rings is 2. The Bertz CT molecular complexity index is 2580. The lowest BCUT2D eigenvalue weighted by atomic mass is 10.00. The molecular weight excluding hydrogens is 991 g/mol. The topological polar surface area (TPSA) is 381 Å². The second-order valence-corrected chi connectivity index (χ2v) is 14.4. The number of methoxy groups -OCH3 is 2. The Hall–Kier alpha value is -6.94. The number of carbonyl (C=O) groups excluding carboxylic acids is 4. The van der Waals surface area contributed by atoms with Crippen LogP contribution in [0.5, 0.6) is 11.5 Å². The van der Waals surface area contributed by atoms with Crippen molar-refractivity contribution in [3.63, 3.8) is 0 Å². The highest BCUT2D eigenvalue weighted by molar-refractivity contribution is 7.59. The van der Waals surface area contributed by atoms with E-state index in [0.717, 1.165) is 47.9 Å². The van der Waals surface area contributed by atoms with Crippen LogP contribution in [0.1, 0.15) is 136 Å². The van der Waals surface area contributed by atoms with Gasteiger partial charge in [-0.05, 0) is 96.5 Å². The number of hydrogen-bond acceptors (Lipinski definition) is 23. The van der Waals surface area contributed by atoms with Gasteiger partial charge < -0.3 is 20.6 Å². The Balaban J connectivity index is -0.000000456. The minimum absolute atomic E-state index is 0. The third-order valence-electron chi connectivity index (χ3n) is 7.96. The average Bonchev–Trinajstić information content (AvgIpc) is 3.25. The minimum atomic E-state index is -3.11. The van der Waals surface area contributed by atoms with Gasteiger partial charge in [-0.25, -0.2) is 9.97 Å². The number of Topliss-reactive ketones (excluding diaryl/α,β-unsaturated/α-hetero) is 4. The van der Waals surface area contributed by atoms with Crippen molar-refractivity contribution in [3.8, 4) is 33.8 Å². The molecular formula is C42H57N5O18S4. The SMILES string of the molecule is C.C.CCCC(=O)c1cc(-c2ccc(N)c(OC)c2)cc(C(=O)CCC)n1.CCCC(=O)c1cc(-c2ccc(NN)c(OC)c2)cc(C(=O)CCC)n1.O=S(=O)=O.O=S(=O)=O.O=S(=O)=O.O=S(=O)=O. The van der Waals surface area contributed by atoms with Gasteiger partial charge in [0.1, 0.15) is 34.3 Å². The molecule has 0 saturated carbocycles. The van der Waals surface area contributed by atoms with Gasteiger partial charge in [-0.2, -0.15) is 0 Å². The van der Waals surface area contributed by atoms with Crippen molar-refractivity contribution >= 4 is 76.9 Å². The lowest BCUT2D eigenvalue weighted by molar-refractivity contribution is 0.0957. The van der Waals surface area contributed by atoms with Crippen molar-refractivity contribution in [2.45, 2.75) is 93.9 Å². The summed E-state index contributed by atoms with van der Waals surface area (Å²) in [6, 6.07) is 17.8. The second kappa shape index (κ2) is 38.1. The third-order valence-corrected chi connectivity index (χ3v) is 7.96. The van der Waals surface area contributed by atoms with Crippen molar-refractivity contribution < 1.29 is 79.2 Å². The predicted octanol–water partition coefficient (Wildman–Crippen LogP) is 5.57. The molecule has 0 spiro atoms. The standard InChI is InChI=1S/C20H25N3O3.C20H24N2O3.2CH4.4O3S/c1-4-6-18(24)16-10-14(11-17(22-16)19(25)7-5-2)13-8-9-15(23-21)20(12-13)26-3;1-4-6-18(23)16-10-14(11-17(22-16)19(24)7-5-2)13-8-9-15(21)20(12-13)25-3;;;4*1-4(2)3/h8-12,23H,4-7,21H2,1-3H3;8-12H,4-7,21H2,1-3H3;2*1H4;;;;. The average molecular weight is 1050 g/mol. The normalized spacial score (nSPS) is 9.14. The number of nitrogens with two attached hydrogens (primary N) is 2. The van der Waals surface area contributed by atoms with Crippen LogP contribution in [0.4, 0.5) is 11.4 Å². The van der Waals surface area contributed by atoms with E-state index in [9.17, 15) is 19.2 Å². The Morgan fingerprint density at radius 1 is 0.464 bits per heavy atom. The van der Waals surface area contributed by atoms with Gasteiger partial charge in [0.2, 0.25) is 0 Å². The van der Waals surface area contributed by atoms with Crippen LogP contribution >= 0.6 is 0 Å². The monoisotopic (exact) mass is 1050 g/mol. The summed E-state index contributed by atoms with van der Waals surface area (Å²) in [6.45, 7) is 7.76. The summed E-state index contributed by atoms with van der Waals surface area (Å²) in [5, 5.41) is 0. The number of hydrazine groups is 1. The number of nitrogens with one attached hydrogen (secondary N) is 1. The zero-order chi connectivity index (χ0) is 51.8. The van der Waals surface area contributed by atoms with Crippen molar-refractivity contribution in [1.29, 1.82) is 0 Å². The molecule has 0 unspecified atom stereocenters. The molecule has 382 valence electrons. The van der Waals surface area contributed by atoms with Gasteiger partial charge in [-0.15, -0.1) is 50.5 Å². The summed E-state index contributed by atoms with van der Waals surface area (Å²) >= 11 is 0. The van der Waals surface area contributed by atoms with Crippen LogP contribution in [0, 0.1) is 0 Å². The molecule has 27 heteroatoms. The second-order valence-electron chi connectivity index (χ2n) is 12.8. The van der Waals surface area contributed by atoms with Crippen LogP contribution in [0.3, 0.4) is 0 Å². The number of nitrogen functional groups attached to an aromatic ring is 2. The molecule has 2 aromatic carbocycles. The van der Waals surface area contributed by atoms with E-state index in [0.29, 0.717) is 71.3 Å². The summed E-state index contributed by atoms with van der Waals surface area (Å²) in [5.41, 5.74) is 14.1. The number of rotatable bonds is 17. The van der Waals surface area contributed by atoms with E-state index >= 15 is 0 Å². The number of carbonyl (C=O) groups is 4. The number of ketones is 4. The van der Waals surface area contributed by atoms with E-state index in [-0.39, 0.29) is 38.0 Å². The Morgan fingerprint density at radius 3 is 0.971 bits per heavy atom. The van der Waals surface area contributed by atoms with E-state index in [1.54, 1.807) is 56.7 Å². The lowest BCUT2D eigenvalue weighted by Crippen LogP contribution is -2.09. The van der Waals surface area contributed by atoms with Gasteiger partial charge >= 0.3 is 42.4 Å². The van der Waals surface area contributed by atoms with E-state index in [1.807, 2.05) is 45.9 Å². The first-order valence-electron chi connectivity index (χ1n) is 19.3. The van der Waals surface area contributed by atoms with Crippen LogP contribution in [0.15, 0.2) is 60.7 Å². The lowest BCUT2D eigenvalue weighted by Gasteiger charge is -2.12. The smallest absolute Gasteiger partial charge is 0.425 e. The minimum Gasteiger partial charge on any atom is -0.495 e. The molecule has 0 radical (unpaired) electrons. The predicted molar refractivity (Wildman–Crippen MR) is 254 cm³/mol. The largest absolute Gasteiger partial charge is 0.495 e. The molecule has 2 heterocycles. The van der Waals surface area contributed by atoms with Gasteiger partial charge in [0.15, 0.2) is 23.1 Å². The van der Waals surface area contributed by atoms with Crippen molar-refractivity contribution in [2.75, 3.05) is 25.4 Å². The number of hydrogen-bond donors (Lipinski definition) is 3. The van der Waals surface area contributed by atoms with Crippen LogP contribution in [0.2, 0.25) is 0 Å². The number of nitrogens with zero attached hydrogens (tertiary/aromatic N) is 2. The molecule has 69 heavy (non-hydrogen) atoms. The molecule has 0 atom stereocenters. The summed E-state index contributed by atoms with van der Waals surface area (Å²) in [5.74, 6) is 6.36. The first-order chi connectivity index (χ1) is 31.5. The molecule has 4 rings (SSSR count). The molecule has 0 aliphatic heterocycles. The Kier molecular flexibility index (Phi) is 37.9. The molecule has 0 bridgehead atoms. The maximum Gasteiger partial charge on any atom is 0.425 e. The maximum absolute atomic E-state index is 12.4. The molecule has 2 aromatic heterocycles. The number of aromatic nitrogens is 2. The van der Waals surface area contributed by atoms with Crippen LogP contribution in [-0.2, 0) is 42.4 Å². The van der Waals surface area contributed by atoms with Gasteiger partial charge in [-0.3, -0.25) is 25.0 Å². The van der Waals surface area contributed by atoms with Crippen LogP contribution in [0.25, 0.3) is 22.3 Å². The first-order valence-corrected chi connectivity index (χ1v) is 23.3. The molecule has 5 N–H and O–H groups in total. The van der Waals surface area contributed by atoms with Gasteiger partial charge in [0.05, 0.1) is 25.6 Å². The fraction of sp³-hybridized carbons (Fsp3) is 0.381. The Morgan fingerprint density at radius 2 is 0.725 bits per heavy atom. The highest BCUT2D eigenvalue weighted by atomic mass is 32.2. The molecule has 0 aliphatic rings. The van der Waals surface area contributed by atoms with Crippen LogP contribution in [-0.4, -0.2) is 97.8 Å². The van der Waals surface area contributed by atoms with Crippen molar-refractivity contribution in [3.05, 3.63) is 83.4 Å². The Labute approximate surface area is 406 Å². The number of anilines is 2. The van der Waals surface area contributed by atoms with Crippen LogP contribution < -0.4 is 26.5 Å². The third kappa shape index (κ3) is 29.4. The zero-order valence-corrected chi connectivity index (χ0v) is 40.2. The quantitative estimate of drug-likeness (QED) is 0.0503. The van der Waals surface area contributed by atoms with Gasteiger partial charge in [0, 0.05) is 25.7 Å². The molecule has 0 fully saturated rings. The molecule has 0 aliphatic carbocycles. The number of benzene rings is 2. The van der Waals surface area contributed by atoms with E-state index < -0.39 is 42.4 Å². The van der Waals surface area contributed by atoms with E-state index in [1.165, 1.54) is 0 Å². The highest BCUT2D eigenvalue weighted by Gasteiger charge is 2.17. The van der Waals surface area contributed by atoms with Gasteiger partial charge in [0.25, 0.3) is 0 Å². The summed E-state index contributed by atoms with van der Waals surface area (Å²) in [6.07, 6.45) is 4.54. The van der Waals surface area contributed by atoms with Crippen molar-refractivity contribution in [2.24, 2.45) is 5.84 Å². The van der Waals surface area contributed by atoms with Crippen molar-refractivity contribution in [1.82, 2.24) is 9.97 Å². The van der Waals surface area contributed by atoms with E-state index in [4.69, 9.17) is 71.6 Å². The van der Waals surface area contributed by atoms with Gasteiger partial charge in [-0.1, -0.05) is 54.7 Å². The zero-order valence-electron chi connectivity index (χ0n) is 37.0. The molecule has 0 amide bonds. The fourth-order valence-corrected chi connectivity index (χ4v) is 5.27.